The minimum atomic E-state index is 0.119. The van der Waals surface area contributed by atoms with Gasteiger partial charge in [-0.3, -0.25) is 9.78 Å². The maximum absolute atomic E-state index is 12.0. The first-order valence-electron chi connectivity index (χ1n) is 5.61. The molecule has 0 spiro atoms. The summed E-state index contributed by atoms with van der Waals surface area (Å²) in [5, 5.41) is 0. The van der Waals surface area contributed by atoms with E-state index < -0.39 is 0 Å². The lowest BCUT2D eigenvalue weighted by molar-refractivity contribution is 0.0922. The lowest BCUT2D eigenvalue weighted by atomic mass is 9.95. The molecule has 0 fully saturated rings. The predicted molar refractivity (Wildman–Crippen MR) is 62.0 cm³/mol. The molecule has 1 heterocycles. The molecule has 1 aromatic heterocycles. The van der Waals surface area contributed by atoms with Gasteiger partial charge < -0.3 is 0 Å². The van der Waals surface area contributed by atoms with Crippen molar-refractivity contribution in [1.29, 1.82) is 0 Å². The predicted octanol–water partition coefficient (Wildman–Crippen LogP) is 3.40. The van der Waals surface area contributed by atoms with Gasteiger partial charge in [-0.05, 0) is 25.0 Å². The molecule has 15 heavy (non-hydrogen) atoms. The molecular formula is C13H19NO. The first-order valence-corrected chi connectivity index (χ1v) is 5.61. The van der Waals surface area contributed by atoms with E-state index in [-0.39, 0.29) is 11.7 Å². The number of hydrogen-bond acceptors (Lipinski definition) is 2. The second-order valence-electron chi connectivity index (χ2n) is 4.16. The molecule has 0 saturated carbocycles. The van der Waals surface area contributed by atoms with Crippen molar-refractivity contribution in [2.45, 2.75) is 40.0 Å². The van der Waals surface area contributed by atoms with Crippen LogP contribution in [-0.4, -0.2) is 10.8 Å². The number of aryl methyl sites for hydroxylation is 1. The van der Waals surface area contributed by atoms with Gasteiger partial charge in [-0.2, -0.15) is 0 Å². The fourth-order valence-corrected chi connectivity index (χ4v) is 1.62. The lowest BCUT2D eigenvalue weighted by Crippen LogP contribution is -2.11. The summed E-state index contributed by atoms with van der Waals surface area (Å²) in [5.41, 5.74) is 1.79. The monoisotopic (exact) mass is 205 g/mol. The van der Waals surface area contributed by atoms with Gasteiger partial charge in [0.2, 0.25) is 0 Å². The van der Waals surface area contributed by atoms with Crippen LogP contribution < -0.4 is 0 Å². The Bertz CT molecular complexity index is 333. The van der Waals surface area contributed by atoms with Crippen LogP contribution in [0.2, 0.25) is 0 Å². The Kier molecular flexibility index (Phi) is 4.47. The Labute approximate surface area is 91.7 Å². The summed E-state index contributed by atoms with van der Waals surface area (Å²) in [6.45, 7) is 6.10. The van der Waals surface area contributed by atoms with Gasteiger partial charge in [-0.15, -0.1) is 0 Å². The van der Waals surface area contributed by atoms with Gasteiger partial charge in [-0.1, -0.05) is 26.7 Å². The summed E-state index contributed by atoms with van der Waals surface area (Å²) in [4.78, 5) is 16.0. The molecule has 1 aromatic rings. The number of carbonyl (C=O) groups is 1. The minimum absolute atomic E-state index is 0.119. The molecule has 0 aromatic carbocycles. The largest absolute Gasteiger partial charge is 0.294 e. The first-order chi connectivity index (χ1) is 7.15. The van der Waals surface area contributed by atoms with Crippen LogP contribution >= 0.6 is 0 Å². The van der Waals surface area contributed by atoms with Gasteiger partial charge in [0.05, 0.1) is 0 Å². The maximum Gasteiger partial charge on any atom is 0.167 e. The first kappa shape index (κ1) is 11.9. The number of pyridine rings is 1. The summed E-state index contributed by atoms with van der Waals surface area (Å²) in [6.07, 6.45) is 6.67. The van der Waals surface area contributed by atoms with Gasteiger partial charge in [0.1, 0.15) is 0 Å². The smallest absolute Gasteiger partial charge is 0.167 e. The highest BCUT2D eigenvalue weighted by Gasteiger charge is 2.14. The van der Waals surface area contributed by atoms with Crippen molar-refractivity contribution in [2.24, 2.45) is 5.92 Å². The Morgan fingerprint density at radius 3 is 2.80 bits per heavy atom. The van der Waals surface area contributed by atoms with Crippen molar-refractivity contribution in [3.05, 3.63) is 29.6 Å². The Hall–Kier alpha value is -1.18. The number of aromatic nitrogens is 1. The molecule has 82 valence electrons. The topological polar surface area (TPSA) is 30.0 Å². The fraction of sp³-hybridized carbons (Fsp3) is 0.538. The van der Waals surface area contributed by atoms with Gasteiger partial charge in [0.15, 0.2) is 5.78 Å². The highest BCUT2D eigenvalue weighted by atomic mass is 16.1. The number of hydrogen-bond donors (Lipinski definition) is 0. The third kappa shape index (κ3) is 3.46. The molecule has 2 nitrogen and oxygen atoms in total. The number of carbonyl (C=O) groups excluding carboxylic acids is 1. The van der Waals surface area contributed by atoms with Crippen molar-refractivity contribution in [3.63, 3.8) is 0 Å². The van der Waals surface area contributed by atoms with Crippen molar-refractivity contribution < 1.29 is 4.79 Å². The number of nitrogens with zero attached hydrogens (tertiary/aromatic N) is 1. The Morgan fingerprint density at radius 1 is 1.47 bits per heavy atom. The third-order valence-corrected chi connectivity index (χ3v) is 2.60. The van der Waals surface area contributed by atoms with E-state index in [1.807, 2.05) is 19.9 Å². The summed E-state index contributed by atoms with van der Waals surface area (Å²) in [6, 6.07) is 1.91. The van der Waals surface area contributed by atoms with E-state index in [9.17, 15) is 4.79 Å². The molecular weight excluding hydrogens is 186 g/mol. The van der Waals surface area contributed by atoms with E-state index in [2.05, 4.69) is 11.9 Å². The van der Waals surface area contributed by atoms with Crippen LogP contribution in [0.5, 0.6) is 0 Å². The van der Waals surface area contributed by atoms with Gasteiger partial charge in [-0.25, -0.2) is 0 Å². The highest BCUT2D eigenvalue weighted by Crippen LogP contribution is 2.14. The molecule has 0 N–H and O–H groups in total. The zero-order chi connectivity index (χ0) is 11.3. The summed E-state index contributed by atoms with van der Waals surface area (Å²) in [7, 11) is 0. The average molecular weight is 205 g/mol. The molecule has 0 aliphatic carbocycles. The summed E-state index contributed by atoms with van der Waals surface area (Å²) in [5.74, 6) is 0.341. The minimum Gasteiger partial charge on any atom is -0.294 e. The second kappa shape index (κ2) is 5.64. The van der Waals surface area contributed by atoms with Gasteiger partial charge in [0.25, 0.3) is 0 Å². The average Bonchev–Trinajstić information content (AvgIpc) is 2.24. The zero-order valence-corrected chi connectivity index (χ0v) is 9.79. The molecule has 1 unspecified atom stereocenters. The van der Waals surface area contributed by atoms with Crippen LogP contribution in [-0.2, 0) is 0 Å². The van der Waals surface area contributed by atoms with Crippen LogP contribution in [0.1, 0.15) is 49.0 Å². The van der Waals surface area contributed by atoms with E-state index in [1.165, 1.54) is 0 Å². The molecule has 2 heteroatoms. The van der Waals surface area contributed by atoms with Crippen LogP contribution in [0, 0.1) is 12.8 Å². The van der Waals surface area contributed by atoms with Crippen molar-refractivity contribution >= 4 is 5.78 Å². The van der Waals surface area contributed by atoms with Crippen LogP contribution in [0.4, 0.5) is 0 Å². The third-order valence-electron chi connectivity index (χ3n) is 2.60. The Balaban J connectivity index is 2.67. The quantitative estimate of drug-likeness (QED) is 0.689. The molecule has 0 aliphatic heterocycles. The standard InChI is InChI=1S/C13H19NO/c1-4-5-6-11(3)13(15)12-7-10(2)8-14-9-12/h7-9,11H,4-6H2,1-3H3. The zero-order valence-electron chi connectivity index (χ0n) is 9.79. The Morgan fingerprint density at radius 2 is 2.20 bits per heavy atom. The van der Waals surface area contributed by atoms with E-state index in [4.69, 9.17) is 0 Å². The van der Waals surface area contributed by atoms with E-state index >= 15 is 0 Å². The molecule has 0 radical (unpaired) electrons. The van der Waals surface area contributed by atoms with Crippen molar-refractivity contribution in [2.75, 3.05) is 0 Å². The van der Waals surface area contributed by atoms with E-state index in [0.717, 1.165) is 30.4 Å². The van der Waals surface area contributed by atoms with Gasteiger partial charge >= 0.3 is 0 Å². The highest BCUT2D eigenvalue weighted by molar-refractivity contribution is 5.97. The van der Waals surface area contributed by atoms with Gasteiger partial charge in [0, 0.05) is 23.9 Å². The molecule has 0 saturated heterocycles. The van der Waals surface area contributed by atoms with Crippen LogP contribution in [0.3, 0.4) is 0 Å². The lowest BCUT2D eigenvalue weighted by Gasteiger charge is -2.09. The van der Waals surface area contributed by atoms with E-state index in [0.29, 0.717) is 0 Å². The summed E-state index contributed by atoms with van der Waals surface area (Å²) >= 11 is 0. The van der Waals surface area contributed by atoms with Crippen LogP contribution in [0.25, 0.3) is 0 Å². The van der Waals surface area contributed by atoms with Crippen molar-refractivity contribution in [3.8, 4) is 0 Å². The number of ketones is 1. The molecule has 0 bridgehead atoms. The molecule has 1 rings (SSSR count). The van der Waals surface area contributed by atoms with E-state index in [1.54, 1.807) is 12.4 Å². The number of Topliss-reactive ketones (excluding diaryl/α,β-unsaturated/α-hetero) is 1. The van der Waals surface area contributed by atoms with Crippen molar-refractivity contribution in [1.82, 2.24) is 4.98 Å². The maximum atomic E-state index is 12.0. The molecule has 1 atom stereocenters. The SMILES string of the molecule is CCCCC(C)C(=O)c1cncc(C)c1. The number of unbranched alkanes of at least 4 members (excludes halogenated alkanes) is 1. The normalized spacial score (nSPS) is 12.5. The molecule has 0 aliphatic rings. The summed E-state index contributed by atoms with van der Waals surface area (Å²) < 4.78 is 0. The fourth-order valence-electron chi connectivity index (χ4n) is 1.62. The van der Waals surface area contributed by atoms with Crippen LogP contribution in [0.15, 0.2) is 18.5 Å². The second-order valence-corrected chi connectivity index (χ2v) is 4.16. The number of rotatable bonds is 5. The molecule has 0 amide bonds.